The largest absolute Gasteiger partial charge is 0.338 e. The molecule has 2 aromatic carbocycles. The topological polar surface area (TPSA) is 101 Å². The predicted molar refractivity (Wildman–Crippen MR) is 110 cm³/mol. The lowest BCUT2D eigenvalue weighted by Crippen LogP contribution is -2.07. The van der Waals surface area contributed by atoms with Gasteiger partial charge in [-0.2, -0.15) is 0 Å². The van der Waals surface area contributed by atoms with Gasteiger partial charge in [-0.25, -0.2) is 4.98 Å². The Bertz CT molecular complexity index is 1180. The number of aromatic nitrogens is 2. The number of amides is 1. The van der Waals surface area contributed by atoms with Crippen molar-refractivity contribution in [3.05, 3.63) is 81.7 Å². The van der Waals surface area contributed by atoms with Crippen molar-refractivity contribution in [2.75, 3.05) is 5.32 Å². The third kappa shape index (κ3) is 3.81. The van der Waals surface area contributed by atoms with E-state index in [0.29, 0.717) is 10.6 Å². The number of rotatable bonds is 5. The highest BCUT2D eigenvalue weighted by atomic mass is 32.1. The first kappa shape index (κ1) is 17.6. The van der Waals surface area contributed by atoms with Crippen molar-refractivity contribution in [2.24, 2.45) is 0 Å². The maximum Gasteiger partial charge on any atom is 0.324 e. The molecule has 0 saturated heterocycles. The van der Waals surface area contributed by atoms with Crippen molar-refractivity contribution in [1.82, 2.24) is 9.97 Å². The maximum absolute atomic E-state index is 12.2. The highest BCUT2D eigenvalue weighted by Crippen LogP contribution is 2.25. The number of nitrogens with zero attached hydrogens (tertiary/aromatic N) is 2. The lowest BCUT2D eigenvalue weighted by atomic mass is 10.2. The SMILES string of the molecule is O=C(/C=C/c1ccc([N+](=O)[O-])s1)Nc1cccc(-c2nc3ccccc3[nH]2)c1. The summed E-state index contributed by atoms with van der Waals surface area (Å²) in [6.45, 7) is 0. The van der Waals surface area contributed by atoms with Crippen LogP contribution in [0.3, 0.4) is 0 Å². The summed E-state index contributed by atoms with van der Waals surface area (Å²) in [5.74, 6) is 0.400. The number of H-pyrrole nitrogens is 1. The summed E-state index contributed by atoms with van der Waals surface area (Å²) in [6, 6.07) is 18.1. The van der Waals surface area contributed by atoms with Crippen molar-refractivity contribution in [1.29, 1.82) is 0 Å². The van der Waals surface area contributed by atoms with Crippen molar-refractivity contribution in [3.63, 3.8) is 0 Å². The molecule has 2 aromatic heterocycles. The fraction of sp³-hybridized carbons (Fsp3) is 0. The van der Waals surface area contributed by atoms with Crippen LogP contribution in [0.1, 0.15) is 4.88 Å². The van der Waals surface area contributed by atoms with Crippen LogP contribution in [0.4, 0.5) is 10.7 Å². The summed E-state index contributed by atoms with van der Waals surface area (Å²) in [4.78, 5) is 30.9. The molecule has 2 N–H and O–H groups in total. The molecule has 0 aliphatic heterocycles. The van der Waals surface area contributed by atoms with E-state index in [9.17, 15) is 14.9 Å². The van der Waals surface area contributed by atoms with Gasteiger partial charge in [0.2, 0.25) is 5.91 Å². The molecule has 2 heterocycles. The molecule has 0 fully saturated rings. The summed E-state index contributed by atoms with van der Waals surface area (Å²) in [7, 11) is 0. The van der Waals surface area contributed by atoms with Gasteiger partial charge in [-0.3, -0.25) is 14.9 Å². The van der Waals surface area contributed by atoms with Gasteiger partial charge in [0, 0.05) is 28.3 Å². The Morgan fingerprint density at radius 3 is 2.79 bits per heavy atom. The fourth-order valence-corrected chi connectivity index (χ4v) is 3.43. The standard InChI is InChI=1S/C20H14N4O3S/c25-18(10-8-15-9-11-19(28-15)24(26)27)21-14-5-3-4-13(12-14)20-22-16-6-1-2-7-17(16)23-20/h1-12H,(H,21,25)(H,22,23)/b10-8+. The first-order valence-corrected chi connectivity index (χ1v) is 9.18. The molecule has 1 amide bonds. The van der Waals surface area contributed by atoms with E-state index in [4.69, 9.17) is 0 Å². The fourth-order valence-electron chi connectivity index (χ4n) is 2.71. The minimum atomic E-state index is -0.453. The Hall–Kier alpha value is -3.78. The van der Waals surface area contributed by atoms with Crippen LogP contribution in [0, 0.1) is 10.1 Å². The lowest BCUT2D eigenvalue weighted by Gasteiger charge is -2.04. The maximum atomic E-state index is 12.2. The molecular formula is C20H14N4O3S. The van der Waals surface area contributed by atoms with Gasteiger partial charge in [0.05, 0.1) is 16.0 Å². The average molecular weight is 390 g/mol. The van der Waals surface area contributed by atoms with Gasteiger partial charge in [0.25, 0.3) is 0 Å². The second kappa shape index (κ2) is 7.45. The Labute approximate surface area is 163 Å². The van der Waals surface area contributed by atoms with Crippen LogP contribution in [-0.4, -0.2) is 20.8 Å². The van der Waals surface area contributed by atoms with Crippen LogP contribution in [0.25, 0.3) is 28.5 Å². The molecule has 0 radical (unpaired) electrons. The van der Waals surface area contributed by atoms with Crippen LogP contribution in [0.5, 0.6) is 0 Å². The van der Waals surface area contributed by atoms with Crippen molar-refractivity contribution < 1.29 is 9.72 Å². The van der Waals surface area contributed by atoms with Gasteiger partial charge < -0.3 is 10.3 Å². The zero-order chi connectivity index (χ0) is 19.5. The number of para-hydroxylation sites is 2. The summed E-state index contributed by atoms with van der Waals surface area (Å²) in [5, 5.41) is 13.5. The number of carbonyl (C=O) groups excluding carboxylic acids is 1. The number of imidazole rings is 1. The zero-order valence-electron chi connectivity index (χ0n) is 14.5. The summed E-state index contributed by atoms with van der Waals surface area (Å²) in [6.07, 6.45) is 2.90. The number of thiophene rings is 1. The van der Waals surface area contributed by atoms with E-state index in [1.54, 1.807) is 18.2 Å². The number of anilines is 1. The number of aromatic amines is 1. The summed E-state index contributed by atoms with van der Waals surface area (Å²) in [5.41, 5.74) is 3.30. The van der Waals surface area contributed by atoms with Crippen molar-refractivity contribution in [3.8, 4) is 11.4 Å². The highest BCUT2D eigenvalue weighted by Gasteiger charge is 2.09. The molecule has 28 heavy (non-hydrogen) atoms. The zero-order valence-corrected chi connectivity index (χ0v) is 15.3. The molecular weight excluding hydrogens is 376 g/mol. The Morgan fingerprint density at radius 1 is 1.14 bits per heavy atom. The quantitative estimate of drug-likeness (QED) is 0.289. The van der Waals surface area contributed by atoms with E-state index in [1.807, 2.05) is 42.5 Å². The number of benzene rings is 2. The molecule has 0 aliphatic rings. The summed E-state index contributed by atoms with van der Waals surface area (Å²) < 4.78 is 0. The first-order valence-electron chi connectivity index (χ1n) is 8.37. The third-order valence-electron chi connectivity index (χ3n) is 3.98. The smallest absolute Gasteiger partial charge is 0.324 e. The second-order valence-corrected chi connectivity index (χ2v) is 7.03. The third-order valence-corrected chi connectivity index (χ3v) is 4.99. The predicted octanol–water partition coefficient (Wildman–Crippen LogP) is 4.85. The number of carbonyl (C=O) groups is 1. The van der Waals surface area contributed by atoms with Crippen LogP contribution in [0.15, 0.2) is 66.7 Å². The molecule has 8 heteroatoms. The molecule has 0 spiro atoms. The highest BCUT2D eigenvalue weighted by molar-refractivity contribution is 7.16. The average Bonchev–Trinajstić information content (AvgIpc) is 3.34. The van der Waals surface area contributed by atoms with E-state index < -0.39 is 4.92 Å². The lowest BCUT2D eigenvalue weighted by molar-refractivity contribution is -0.380. The second-order valence-electron chi connectivity index (χ2n) is 5.94. The number of fused-ring (bicyclic) bond motifs is 1. The number of nitrogens with one attached hydrogen (secondary N) is 2. The summed E-state index contributed by atoms with van der Waals surface area (Å²) >= 11 is 1.01. The van der Waals surface area contributed by atoms with Crippen LogP contribution >= 0.6 is 11.3 Å². The van der Waals surface area contributed by atoms with Crippen LogP contribution < -0.4 is 5.32 Å². The normalized spacial score (nSPS) is 11.1. The van der Waals surface area contributed by atoms with E-state index in [-0.39, 0.29) is 10.9 Å². The number of hydrogen-bond acceptors (Lipinski definition) is 5. The molecule has 0 atom stereocenters. The van der Waals surface area contributed by atoms with E-state index in [1.165, 1.54) is 12.1 Å². The van der Waals surface area contributed by atoms with Crippen LogP contribution in [-0.2, 0) is 4.79 Å². The molecule has 0 aliphatic carbocycles. The molecule has 4 aromatic rings. The van der Waals surface area contributed by atoms with Gasteiger partial charge in [-0.1, -0.05) is 35.6 Å². The van der Waals surface area contributed by atoms with Crippen molar-refractivity contribution in [2.45, 2.75) is 0 Å². The Kier molecular flexibility index (Phi) is 4.69. The van der Waals surface area contributed by atoms with Crippen molar-refractivity contribution >= 4 is 45.0 Å². The van der Waals surface area contributed by atoms with Gasteiger partial charge in [0.1, 0.15) is 5.82 Å². The number of hydrogen-bond donors (Lipinski definition) is 2. The van der Waals surface area contributed by atoms with E-state index in [0.717, 1.165) is 33.8 Å². The monoisotopic (exact) mass is 390 g/mol. The molecule has 0 unspecified atom stereocenters. The Morgan fingerprint density at radius 2 is 2.00 bits per heavy atom. The molecule has 138 valence electrons. The van der Waals surface area contributed by atoms with E-state index >= 15 is 0 Å². The van der Waals surface area contributed by atoms with Gasteiger partial charge >= 0.3 is 5.00 Å². The number of nitro groups is 1. The molecule has 0 bridgehead atoms. The van der Waals surface area contributed by atoms with Crippen LogP contribution in [0.2, 0.25) is 0 Å². The minimum Gasteiger partial charge on any atom is -0.338 e. The first-order chi connectivity index (χ1) is 13.6. The van der Waals surface area contributed by atoms with Gasteiger partial charge in [-0.05, 0) is 36.4 Å². The van der Waals surface area contributed by atoms with Gasteiger partial charge in [0.15, 0.2) is 0 Å². The Balaban J connectivity index is 1.48. The molecule has 7 nitrogen and oxygen atoms in total. The van der Waals surface area contributed by atoms with Gasteiger partial charge in [-0.15, -0.1) is 0 Å². The van der Waals surface area contributed by atoms with E-state index in [2.05, 4.69) is 15.3 Å². The molecule has 0 saturated carbocycles. The minimum absolute atomic E-state index is 0.0404. The molecule has 4 rings (SSSR count).